The van der Waals surface area contributed by atoms with Gasteiger partial charge >= 0.3 is 0 Å². The third-order valence-electron chi connectivity index (χ3n) is 9.37. The lowest BCUT2D eigenvalue weighted by Gasteiger charge is -2.59. The van der Waals surface area contributed by atoms with Gasteiger partial charge < -0.3 is 19.7 Å². The smallest absolute Gasteiger partial charge is 0.193 e. The minimum absolute atomic E-state index is 0.0125. The van der Waals surface area contributed by atoms with Crippen molar-refractivity contribution in [1.29, 1.82) is 0 Å². The number of aliphatic hydroxyl groups excluding tert-OH is 2. The Hall–Kier alpha value is -1.34. The predicted octanol–water partition coefficient (Wildman–Crippen LogP) is 2.72. The Kier molecular flexibility index (Phi) is 4.91. The van der Waals surface area contributed by atoms with E-state index in [2.05, 4.69) is 20.8 Å². The average Bonchev–Trinajstić information content (AvgIpc) is 3.20. The van der Waals surface area contributed by atoms with Crippen molar-refractivity contribution >= 4 is 11.6 Å². The van der Waals surface area contributed by atoms with Crippen molar-refractivity contribution in [1.82, 2.24) is 0 Å². The largest absolute Gasteiger partial charge is 0.393 e. The molecule has 6 heteroatoms. The van der Waals surface area contributed by atoms with E-state index in [0.717, 1.165) is 24.8 Å². The fourth-order valence-corrected chi connectivity index (χ4v) is 8.12. The maximum atomic E-state index is 13.2. The molecule has 0 bridgehead atoms. The van der Waals surface area contributed by atoms with Crippen molar-refractivity contribution in [2.75, 3.05) is 6.61 Å². The van der Waals surface area contributed by atoms with Crippen molar-refractivity contribution < 1.29 is 29.3 Å². The molecule has 5 unspecified atom stereocenters. The Balaban J connectivity index is 1.55. The van der Waals surface area contributed by atoms with Crippen LogP contribution < -0.4 is 0 Å². The summed E-state index contributed by atoms with van der Waals surface area (Å²) >= 11 is 0. The molecule has 9 atom stereocenters. The molecule has 0 radical (unpaired) electrons. The summed E-state index contributed by atoms with van der Waals surface area (Å²) in [7, 11) is 0. The number of aliphatic hydroxyl groups is 2. The highest BCUT2D eigenvalue weighted by molar-refractivity contribution is 6.01. The maximum absolute atomic E-state index is 13.2. The zero-order valence-corrected chi connectivity index (χ0v) is 18.7. The number of rotatable bonds is 4. The Bertz CT molecular complexity index is 862. The van der Waals surface area contributed by atoms with E-state index in [1.165, 1.54) is 0 Å². The molecular weight excluding hydrogens is 396 g/mol. The number of fused-ring (bicyclic) bond motifs is 7. The number of carbonyl (C=O) groups excluding carboxylic acids is 2. The van der Waals surface area contributed by atoms with Crippen molar-refractivity contribution in [2.45, 2.75) is 83.4 Å². The topological polar surface area (TPSA) is 93.1 Å². The summed E-state index contributed by atoms with van der Waals surface area (Å²) < 4.78 is 12.7. The molecule has 4 fully saturated rings. The SMILES string of the molecule is CCCC1OC2CC3C4CCC5=CC(=O)C=C[C@]5(C)C4[C@@H](O)C[C@]3(C)[C@]2(C(=O)CO)O1. The third kappa shape index (κ3) is 2.65. The molecule has 5 aliphatic rings. The zero-order valence-electron chi connectivity index (χ0n) is 18.7. The molecule has 170 valence electrons. The molecule has 0 aromatic rings. The second kappa shape index (κ2) is 7.08. The quantitative estimate of drug-likeness (QED) is 0.712. The van der Waals surface area contributed by atoms with Crippen LogP contribution >= 0.6 is 0 Å². The molecule has 0 spiro atoms. The highest BCUT2D eigenvalue weighted by Crippen LogP contribution is 2.69. The van der Waals surface area contributed by atoms with E-state index in [4.69, 9.17) is 9.47 Å². The summed E-state index contributed by atoms with van der Waals surface area (Å²) in [6.07, 6.45) is 8.31. The Morgan fingerprint density at radius 3 is 2.81 bits per heavy atom. The van der Waals surface area contributed by atoms with Gasteiger partial charge in [-0.15, -0.1) is 0 Å². The molecule has 0 aromatic carbocycles. The maximum Gasteiger partial charge on any atom is 0.193 e. The predicted molar refractivity (Wildman–Crippen MR) is 113 cm³/mol. The summed E-state index contributed by atoms with van der Waals surface area (Å²) in [4.78, 5) is 25.2. The van der Waals surface area contributed by atoms with Crippen LogP contribution in [0.25, 0.3) is 0 Å². The molecule has 1 heterocycles. The van der Waals surface area contributed by atoms with Crippen LogP contribution in [0, 0.1) is 28.6 Å². The summed E-state index contributed by atoms with van der Waals surface area (Å²) in [5, 5.41) is 21.4. The highest BCUT2D eigenvalue weighted by Gasteiger charge is 2.75. The van der Waals surface area contributed by atoms with Gasteiger partial charge in [0.15, 0.2) is 23.5 Å². The third-order valence-corrected chi connectivity index (χ3v) is 9.37. The molecule has 2 N–H and O–H groups in total. The lowest BCUT2D eigenvalue weighted by molar-refractivity contribution is -0.200. The lowest BCUT2D eigenvalue weighted by atomic mass is 9.46. The van der Waals surface area contributed by atoms with Crippen molar-refractivity contribution in [3.05, 3.63) is 23.8 Å². The van der Waals surface area contributed by atoms with Crippen molar-refractivity contribution in [3.8, 4) is 0 Å². The lowest BCUT2D eigenvalue weighted by Crippen LogP contribution is -2.63. The molecule has 4 aliphatic carbocycles. The summed E-state index contributed by atoms with van der Waals surface area (Å²) in [5.74, 6) is 0.0274. The van der Waals surface area contributed by atoms with Gasteiger partial charge in [0.1, 0.15) is 6.61 Å². The van der Waals surface area contributed by atoms with Gasteiger partial charge in [-0.1, -0.05) is 38.8 Å². The number of Topliss-reactive ketones (excluding diaryl/α,β-unsaturated/α-hetero) is 1. The fourth-order valence-electron chi connectivity index (χ4n) is 8.12. The molecule has 0 amide bonds. The summed E-state index contributed by atoms with van der Waals surface area (Å²) in [5.41, 5.74) is -1.05. The Morgan fingerprint density at radius 2 is 2.10 bits per heavy atom. The van der Waals surface area contributed by atoms with E-state index in [9.17, 15) is 19.8 Å². The normalized spacial score (nSPS) is 50.4. The monoisotopic (exact) mass is 430 g/mol. The number of carbonyl (C=O) groups is 2. The Labute approximate surface area is 183 Å². The van der Waals surface area contributed by atoms with Gasteiger partial charge in [-0.05, 0) is 56.1 Å². The van der Waals surface area contributed by atoms with E-state index < -0.39 is 36.1 Å². The van der Waals surface area contributed by atoms with Gasteiger partial charge in [0.05, 0.1) is 12.2 Å². The molecule has 1 aliphatic heterocycles. The minimum atomic E-state index is -1.20. The molecule has 5 rings (SSSR count). The van der Waals surface area contributed by atoms with Gasteiger partial charge in [0.25, 0.3) is 0 Å². The first kappa shape index (κ1) is 21.5. The molecule has 3 saturated carbocycles. The summed E-state index contributed by atoms with van der Waals surface area (Å²) in [6, 6.07) is 0. The van der Waals surface area contributed by atoms with Crippen LogP contribution in [0.2, 0.25) is 0 Å². The number of hydrogen-bond donors (Lipinski definition) is 2. The number of ether oxygens (including phenoxy) is 2. The first-order chi connectivity index (χ1) is 14.7. The van der Waals surface area contributed by atoms with Gasteiger partial charge in [0, 0.05) is 16.7 Å². The number of allylic oxidation sites excluding steroid dienone is 4. The first-order valence-electron chi connectivity index (χ1n) is 11.8. The number of ketones is 2. The van der Waals surface area contributed by atoms with Crippen molar-refractivity contribution in [3.63, 3.8) is 0 Å². The molecule has 1 saturated heterocycles. The van der Waals surface area contributed by atoms with Crippen LogP contribution in [-0.2, 0) is 19.1 Å². The Morgan fingerprint density at radius 1 is 1.32 bits per heavy atom. The van der Waals surface area contributed by atoms with Crippen LogP contribution in [0.3, 0.4) is 0 Å². The van der Waals surface area contributed by atoms with E-state index in [1.807, 2.05) is 6.08 Å². The van der Waals surface area contributed by atoms with E-state index in [0.29, 0.717) is 19.3 Å². The van der Waals surface area contributed by atoms with E-state index in [-0.39, 0.29) is 34.7 Å². The van der Waals surface area contributed by atoms with E-state index in [1.54, 1.807) is 12.2 Å². The van der Waals surface area contributed by atoms with E-state index >= 15 is 0 Å². The molecule has 0 aromatic heterocycles. The molecule has 6 nitrogen and oxygen atoms in total. The van der Waals surface area contributed by atoms with Crippen LogP contribution in [0.5, 0.6) is 0 Å². The van der Waals surface area contributed by atoms with Crippen LogP contribution in [0.1, 0.15) is 59.3 Å². The van der Waals surface area contributed by atoms with Gasteiger partial charge in [-0.2, -0.15) is 0 Å². The van der Waals surface area contributed by atoms with Crippen LogP contribution in [-0.4, -0.2) is 52.5 Å². The van der Waals surface area contributed by atoms with Gasteiger partial charge in [-0.3, -0.25) is 9.59 Å². The molecular formula is C25H34O6. The average molecular weight is 431 g/mol. The first-order valence-corrected chi connectivity index (χ1v) is 11.8. The molecule has 31 heavy (non-hydrogen) atoms. The second-order valence-electron chi connectivity index (χ2n) is 10.7. The van der Waals surface area contributed by atoms with Gasteiger partial charge in [-0.25, -0.2) is 0 Å². The van der Waals surface area contributed by atoms with Gasteiger partial charge in [0.2, 0.25) is 0 Å². The highest BCUT2D eigenvalue weighted by atomic mass is 16.7. The van der Waals surface area contributed by atoms with Crippen molar-refractivity contribution in [2.24, 2.45) is 28.6 Å². The van der Waals surface area contributed by atoms with Crippen LogP contribution in [0.15, 0.2) is 23.8 Å². The second-order valence-corrected chi connectivity index (χ2v) is 10.7. The fraction of sp³-hybridized carbons (Fsp3) is 0.760. The minimum Gasteiger partial charge on any atom is -0.393 e. The van der Waals surface area contributed by atoms with Crippen LogP contribution in [0.4, 0.5) is 0 Å². The standard InChI is InChI=1S/C25H34O6/c1-4-5-21-30-20-11-17-16-7-6-14-10-15(27)8-9-23(14,2)22(16)18(28)12-24(17,3)25(20,31-21)19(29)13-26/h8-10,16-18,20-22,26,28H,4-7,11-13H2,1-3H3/t16?,17?,18-,20?,21?,22?,23-,24-,25+/m0/s1. The number of hydrogen-bond acceptors (Lipinski definition) is 6. The summed E-state index contributed by atoms with van der Waals surface area (Å²) in [6.45, 7) is 5.67. The zero-order chi connectivity index (χ0) is 22.2.